The van der Waals surface area contributed by atoms with Crippen LogP contribution in [0.5, 0.6) is 0 Å². The average molecular weight is 473 g/mol. The quantitative estimate of drug-likeness (QED) is 0.261. The Morgan fingerprint density at radius 2 is 1.66 bits per heavy atom. The first-order valence-electron chi connectivity index (χ1n) is 11.4. The van der Waals surface area contributed by atoms with Gasteiger partial charge >= 0.3 is 5.97 Å². The second kappa shape index (κ2) is 10.5. The van der Waals surface area contributed by atoms with Gasteiger partial charge < -0.3 is 14.0 Å². The second-order valence-corrected chi connectivity index (χ2v) is 8.33. The molecule has 35 heavy (non-hydrogen) atoms. The van der Waals surface area contributed by atoms with E-state index in [1.807, 2.05) is 92.1 Å². The first-order chi connectivity index (χ1) is 16.9. The number of aryl methyl sites for hydroxylation is 1. The third-order valence-electron chi connectivity index (χ3n) is 5.79. The van der Waals surface area contributed by atoms with Gasteiger partial charge in [-0.15, -0.1) is 5.10 Å². The molecule has 0 bridgehead atoms. The molecule has 2 aromatic heterocycles. The van der Waals surface area contributed by atoms with Crippen LogP contribution >= 0.6 is 0 Å². The molecule has 0 spiro atoms. The van der Waals surface area contributed by atoms with Crippen LogP contribution in [0.3, 0.4) is 0 Å². The van der Waals surface area contributed by atoms with Crippen molar-refractivity contribution in [1.29, 1.82) is 0 Å². The van der Waals surface area contributed by atoms with Crippen molar-refractivity contribution < 1.29 is 19.1 Å². The van der Waals surface area contributed by atoms with Gasteiger partial charge in [-0.1, -0.05) is 48.5 Å². The van der Waals surface area contributed by atoms with Crippen LogP contribution in [-0.4, -0.2) is 51.4 Å². The third kappa shape index (κ3) is 5.07. The van der Waals surface area contributed by atoms with Crippen molar-refractivity contribution in [2.24, 2.45) is 0 Å². The molecule has 4 aromatic rings. The molecule has 8 nitrogen and oxygen atoms in total. The maximum absolute atomic E-state index is 12.9. The lowest BCUT2D eigenvalue weighted by atomic mass is 10.1. The first kappa shape index (κ1) is 24.1. The molecule has 1 atom stereocenters. The molecule has 0 aliphatic carbocycles. The number of esters is 1. The zero-order valence-electron chi connectivity index (χ0n) is 20.3. The number of ether oxygens (including phenoxy) is 2. The molecule has 180 valence electrons. The SMILES string of the molecule is COCC(C)n1c(C)cc(C(=O)COC(=O)c2nc(-c3ccccc3)n(-c3ccccc3)n2)c1C. The number of rotatable bonds is 9. The Balaban J connectivity index is 1.55. The fourth-order valence-corrected chi connectivity index (χ4v) is 4.25. The largest absolute Gasteiger partial charge is 0.451 e. The van der Waals surface area contributed by atoms with Gasteiger partial charge in [-0.25, -0.2) is 14.5 Å². The van der Waals surface area contributed by atoms with Gasteiger partial charge in [0.25, 0.3) is 5.82 Å². The van der Waals surface area contributed by atoms with Crippen molar-refractivity contribution in [2.75, 3.05) is 20.3 Å². The zero-order valence-corrected chi connectivity index (χ0v) is 20.3. The van der Waals surface area contributed by atoms with Crippen LogP contribution in [0.25, 0.3) is 17.1 Å². The number of hydrogen-bond donors (Lipinski definition) is 0. The molecule has 0 aliphatic rings. The van der Waals surface area contributed by atoms with Crippen LogP contribution in [-0.2, 0) is 9.47 Å². The molecule has 0 amide bonds. The van der Waals surface area contributed by atoms with E-state index >= 15 is 0 Å². The number of methoxy groups -OCH3 is 1. The fourth-order valence-electron chi connectivity index (χ4n) is 4.25. The first-order valence-corrected chi connectivity index (χ1v) is 11.4. The number of ketones is 1. The van der Waals surface area contributed by atoms with Gasteiger partial charge in [-0.05, 0) is 39.0 Å². The van der Waals surface area contributed by atoms with Crippen molar-refractivity contribution >= 4 is 11.8 Å². The summed E-state index contributed by atoms with van der Waals surface area (Å²) < 4.78 is 14.2. The Bertz CT molecular complexity index is 1270. The number of hydrogen-bond acceptors (Lipinski definition) is 6. The average Bonchev–Trinajstić information content (AvgIpc) is 3.45. The predicted octanol–water partition coefficient (Wildman–Crippen LogP) is 4.60. The lowest BCUT2D eigenvalue weighted by Gasteiger charge is -2.17. The molecule has 0 saturated heterocycles. The van der Waals surface area contributed by atoms with Crippen molar-refractivity contribution in [3.8, 4) is 17.1 Å². The van der Waals surface area contributed by atoms with Gasteiger partial charge in [0.05, 0.1) is 18.3 Å². The molecule has 0 N–H and O–H groups in total. The standard InChI is InChI=1S/C27H28N4O4/c1-18-15-23(20(3)30(18)19(2)16-34-4)24(32)17-35-27(33)25-28-26(21-11-7-5-8-12-21)31(29-25)22-13-9-6-10-14-22/h5-15,19H,16-17H2,1-4H3. The molecule has 0 radical (unpaired) electrons. The van der Waals surface area contributed by atoms with E-state index in [0.29, 0.717) is 18.0 Å². The van der Waals surface area contributed by atoms with Crippen LogP contribution in [0, 0.1) is 13.8 Å². The molecule has 2 heterocycles. The number of aromatic nitrogens is 4. The maximum atomic E-state index is 12.9. The molecule has 0 saturated carbocycles. The summed E-state index contributed by atoms with van der Waals surface area (Å²) in [6.07, 6.45) is 0. The minimum atomic E-state index is -0.758. The minimum absolute atomic E-state index is 0.0756. The summed E-state index contributed by atoms with van der Waals surface area (Å²) in [5.41, 5.74) is 3.83. The Hall–Kier alpha value is -4.04. The Morgan fingerprint density at radius 1 is 1.00 bits per heavy atom. The predicted molar refractivity (Wildman–Crippen MR) is 132 cm³/mol. The fraction of sp³-hybridized carbons (Fsp3) is 0.259. The van der Waals surface area contributed by atoms with Crippen molar-refractivity contribution in [2.45, 2.75) is 26.8 Å². The van der Waals surface area contributed by atoms with Crippen molar-refractivity contribution in [3.63, 3.8) is 0 Å². The number of para-hydroxylation sites is 1. The highest BCUT2D eigenvalue weighted by atomic mass is 16.5. The molecule has 0 aliphatic heterocycles. The summed E-state index contributed by atoms with van der Waals surface area (Å²) in [5, 5.41) is 4.39. The molecule has 1 unspecified atom stereocenters. The van der Waals surface area contributed by atoms with E-state index in [1.165, 1.54) is 0 Å². The van der Waals surface area contributed by atoms with Crippen LogP contribution in [0.1, 0.15) is 45.3 Å². The summed E-state index contributed by atoms with van der Waals surface area (Å²) in [5.74, 6) is -0.648. The molecular formula is C27H28N4O4. The molecular weight excluding hydrogens is 444 g/mol. The Kier molecular flexibility index (Phi) is 7.22. The summed E-state index contributed by atoms with van der Waals surface area (Å²) in [6.45, 7) is 5.97. The number of benzene rings is 2. The van der Waals surface area contributed by atoms with E-state index < -0.39 is 12.6 Å². The highest BCUT2D eigenvalue weighted by Crippen LogP contribution is 2.23. The van der Waals surface area contributed by atoms with Gasteiger partial charge in [0.15, 0.2) is 12.4 Å². The lowest BCUT2D eigenvalue weighted by molar-refractivity contribution is 0.0462. The molecule has 2 aromatic carbocycles. The van der Waals surface area contributed by atoms with E-state index in [1.54, 1.807) is 11.8 Å². The molecule has 8 heteroatoms. The van der Waals surface area contributed by atoms with Gasteiger partial charge in [0.2, 0.25) is 5.78 Å². The molecule has 4 rings (SSSR count). The van der Waals surface area contributed by atoms with Gasteiger partial charge in [0.1, 0.15) is 0 Å². The number of carbonyl (C=O) groups is 2. The third-order valence-corrected chi connectivity index (χ3v) is 5.79. The summed E-state index contributed by atoms with van der Waals surface area (Å²) >= 11 is 0. The maximum Gasteiger partial charge on any atom is 0.378 e. The Morgan fingerprint density at radius 3 is 2.31 bits per heavy atom. The van der Waals surface area contributed by atoms with Gasteiger partial charge in [-0.2, -0.15) is 0 Å². The van der Waals surface area contributed by atoms with Crippen molar-refractivity contribution in [1.82, 2.24) is 19.3 Å². The van der Waals surface area contributed by atoms with E-state index in [9.17, 15) is 9.59 Å². The second-order valence-electron chi connectivity index (χ2n) is 8.33. The van der Waals surface area contributed by atoms with E-state index in [-0.39, 0.29) is 17.6 Å². The zero-order chi connectivity index (χ0) is 24.9. The van der Waals surface area contributed by atoms with Crippen molar-refractivity contribution in [3.05, 3.63) is 89.5 Å². The summed E-state index contributed by atoms with van der Waals surface area (Å²) in [6, 6.07) is 20.8. The van der Waals surface area contributed by atoms with Crippen LogP contribution in [0.15, 0.2) is 66.7 Å². The highest BCUT2D eigenvalue weighted by Gasteiger charge is 2.23. The molecule has 0 fully saturated rings. The van der Waals surface area contributed by atoms with Crippen LogP contribution in [0.4, 0.5) is 0 Å². The smallest absolute Gasteiger partial charge is 0.378 e. The van der Waals surface area contributed by atoms with Gasteiger partial charge in [-0.3, -0.25) is 4.79 Å². The minimum Gasteiger partial charge on any atom is -0.451 e. The number of nitrogens with zero attached hydrogens (tertiary/aromatic N) is 4. The van der Waals surface area contributed by atoms with Crippen LogP contribution in [0.2, 0.25) is 0 Å². The Labute approximate surface area is 204 Å². The number of carbonyl (C=O) groups excluding carboxylic acids is 2. The van der Waals surface area contributed by atoms with Gasteiger partial charge in [0, 0.05) is 29.6 Å². The monoisotopic (exact) mass is 472 g/mol. The summed E-state index contributed by atoms with van der Waals surface area (Å²) in [7, 11) is 1.65. The highest BCUT2D eigenvalue weighted by molar-refractivity contribution is 6.00. The topological polar surface area (TPSA) is 88.2 Å². The lowest BCUT2D eigenvalue weighted by Crippen LogP contribution is -2.17. The van der Waals surface area contributed by atoms with E-state index in [0.717, 1.165) is 22.6 Å². The van der Waals surface area contributed by atoms with Crippen LogP contribution < -0.4 is 0 Å². The summed E-state index contributed by atoms with van der Waals surface area (Å²) in [4.78, 5) is 30.2. The van der Waals surface area contributed by atoms with E-state index in [4.69, 9.17) is 9.47 Å². The van der Waals surface area contributed by atoms with E-state index in [2.05, 4.69) is 10.1 Å². The number of Topliss-reactive ketones (excluding diaryl/α,β-unsaturated/α-hetero) is 1. The normalized spacial score (nSPS) is 11.9.